The minimum Gasteiger partial charge on any atom is -0.339 e. The van der Waals surface area contributed by atoms with Crippen LogP contribution in [0, 0.1) is 5.92 Å². The van der Waals surface area contributed by atoms with Crippen molar-refractivity contribution in [2.75, 3.05) is 13.1 Å². The molecule has 0 radical (unpaired) electrons. The van der Waals surface area contributed by atoms with Gasteiger partial charge in [0.1, 0.15) is 0 Å². The smallest absolute Gasteiger partial charge is 0.226 e. The zero-order valence-electron chi connectivity index (χ0n) is 16.1. The van der Waals surface area contributed by atoms with Gasteiger partial charge in [-0.15, -0.1) is 0 Å². The summed E-state index contributed by atoms with van der Waals surface area (Å²) in [6.45, 7) is 1.15. The average Bonchev–Trinajstić information content (AvgIpc) is 3.23. The van der Waals surface area contributed by atoms with Crippen LogP contribution in [0.3, 0.4) is 0 Å². The maximum atomic E-state index is 12.8. The third kappa shape index (κ3) is 5.07. The van der Waals surface area contributed by atoms with Gasteiger partial charge in [-0.05, 0) is 42.9 Å². The van der Waals surface area contributed by atoms with E-state index in [2.05, 4.69) is 15.1 Å². The Kier molecular flexibility index (Phi) is 6.01. The van der Waals surface area contributed by atoms with E-state index in [0.717, 1.165) is 30.4 Å². The van der Waals surface area contributed by atoms with Crippen LogP contribution >= 0.6 is 0 Å². The van der Waals surface area contributed by atoms with Crippen LogP contribution in [0.15, 0.2) is 59.4 Å². The van der Waals surface area contributed by atoms with Crippen molar-refractivity contribution in [3.63, 3.8) is 0 Å². The number of rotatable bonds is 7. The molecule has 1 aliphatic heterocycles. The Morgan fingerprint density at radius 2 is 2.00 bits per heavy atom. The van der Waals surface area contributed by atoms with Crippen molar-refractivity contribution in [1.82, 2.24) is 19.4 Å². The third-order valence-electron chi connectivity index (χ3n) is 5.22. The highest BCUT2D eigenvalue weighted by molar-refractivity contribution is 7.88. The minimum absolute atomic E-state index is 0.0543. The van der Waals surface area contributed by atoms with E-state index >= 15 is 0 Å². The van der Waals surface area contributed by atoms with E-state index in [-0.39, 0.29) is 5.75 Å². The zero-order chi connectivity index (χ0) is 20.1. The molecule has 3 aromatic rings. The summed E-state index contributed by atoms with van der Waals surface area (Å²) in [4.78, 5) is 8.51. The Labute approximate surface area is 170 Å². The molecule has 0 spiro atoms. The second-order valence-corrected chi connectivity index (χ2v) is 9.37. The van der Waals surface area contributed by atoms with Gasteiger partial charge in [-0.25, -0.2) is 12.7 Å². The fourth-order valence-corrected chi connectivity index (χ4v) is 5.33. The largest absolute Gasteiger partial charge is 0.339 e. The first kappa shape index (κ1) is 19.7. The van der Waals surface area contributed by atoms with Gasteiger partial charge in [-0.1, -0.05) is 35.5 Å². The lowest BCUT2D eigenvalue weighted by molar-refractivity contribution is 0.249. The highest BCUT2D eigenvalue weighted by Gasteiger charge is 2.29. The molecule has 3 heterocycles. The molecule has 1 saturated heterocycles. The second-order valence-electron chi connectivity index (χ2n) is 7.40. The first-order valence-corrected chi connectivity index (χ1v) is 11.5. The third-order valence-corrected chi connectivity index (χ3v) is 7.04. The number of pyridine rings is 1. The van der Waals surface area contributed by atoms with Gasteiger partial charge in [0.05, 0.1) is 5.75 Å². The van der Waals surface area contributed by atoms with Gasteiger partial charge in [0.15, 0.2) is 0 Å². The molecule has 8 heteroatoms. The van der Waals surface area contributed by atoms with E-state index < -0.39 is 10.0 Å². The second kappa shape index (κ2) is 8.84. The van der Waals surface area contributed by atoms with Crippen LogP contribution in [-0.2, 0) is 22.2 Å². The quantitative estimate of drug-likeness (QED) is 0.591. The molecular formula is C21H24N4O3S. The number of hydrogen-bond donors (Lipinski definition) is 0. The number of aryl methyl sites for hydroxylation is 1. The van der Waals surface area contributed by atoms with Crippen molar-refractivity contribution >= 4 is 10.0 Å². The molecular weight excluding hydrogens is 388 g/mol. The molecule has 0 aliphatic carbocycles. The van der Waals surface area contributed by atoms with Crippen LogP contribution in [-0.4, -0.2) is 40.9 Å². The molecule has 1 fully saturated rings. The van der Waals surface area contributed by atoms with Gasteiger partial charge in [0.25, 0.3) is 0 Å². The summed E-state index contributed by atoms with van der Waals surface area (Å²) < 4.78 is 32.6. The fourth-order valence-electron chi connectivity index (χ4n) is 3.69. The summed E-state index contributed by atoms with van der Waals surface area (Å²) in [7, 11) is -3.31. The molecule has 1 aromatic carbocycles. The number of aromatic nitrogens is 3. The minimum atomic E-state index is -3.31. The highest BCUT2D eigenvalue weighted by atomic mass is 32.2. The van der Waals surface area contributed by atoms with Crippen molar-refractivity contribution in [3.8, 4) is 11.4 Å². The van der Waals surface area contributed by atoms with E-state index in [1.807, 2.05) is 42.5 Å². The lowest BCUT2D eigenvalue weighted by atomic mass is 9.95. The standard InChI is InChI=1S/C21H24N4O3S/c26-29(27,16-18-6-2-1-3-7-18)25-13-5-8-17(15-25)10-11-20-23-21(24-28-20)19-9-4-12-22-14-19/h1-4,6-7,9,12,14,17H,5,8,10-11,13,15-16H2. The molecule has 152 valence electrons. The Morgan fingerprint density at radius 3 is 2.79 bits per heavy atom. The maximum Gasteiger partial charge on any atom is 0.226 e. The monoisotopic (exact) mass is 412 g/mol. The zero-order valence-corrected chi connectivity index (χ0v) is 17.0. The lowest BCUT2D eigenvalue weighted by Gasteiger charge is -2.31. The Balaban J connectivity index is 1.34. The summed E-state index contributed by atoms with van der Waals surface area (Å²) in [5.74, 6) is 1.46. The summed E-state index contributed by atoms with van der Waals surface area (Å²) in [5.41, 5.74) is 1.64. The van der Waals surface area contributed by atoms with E-state index in [1.54, 1.807) is 16.7 Å². The van der Waals surface area contributed by atoms with Crippen LogP contribution in [0.4, 0.5) is 0 Å². The van der Waals surface area contributed by atoms with E-state index in [4.69, 9.17) is 4.52 Å². The van der Waals surface area contributed by atoms with Crippen LogP contribution in [0.1, 0.15) is 30.7 Å². The summed E-state index contributed by atoms with van der Waals surface area (Å²) in [6, 6.07) is 13.1. The Morgan fingerprint density at radius 1 is 1.14 bits per heavy atom. The van der Waals surface area contributed by atoms with Crippen LogP contribution in [0.25, 0.3) is 11.4 Å². The Hall–Kier alpha value is -2.58. The maximum absolute atomic E-state index is 12.8. The van der Waals surface area contributed by atoms with Gasteiger partial charge >= 0.3 is 0 Å². The normalized spacial score (nSPS) is 18.0. The van der Waals surface area contributed by atoms with Crippen LogP contribution in [0.5, 0.6) is 0 Å². The molecule has 7 nitrogen and oxygen atoms in total. The van der Waals surface area contributed by atoms with E-state index in [0.29, 0.717) is 37.1 Å². The van der Waals surface area contributed by atoms with Crippen molar-refractivity contribution in [1.29, 1.82) is 0 Å². The summed E-state index contributed by atoms with van der Waals surface area (Å²) >= 11 is 0. The molecule has 0 N–H and O–H groups in total. The number of sulfonamides is 1. The van der Waals surface area contributed by atoms with Gasteiger partial charge < -0.3 is 4.52 Å². The van der Waals surface area contributed by atoms with Crippen molar-refractivity contribution in [2.24, 2.45) is 5.92 Å². The molecule has 1 aliphatic rings. The first-order chi connectivity index (χ1) is 14.1. The molecule has 2 aromatic heterocycles. The SMILES string of the molecule is O=S(=O)(Cc1ccccc1)N1CCCC(CCc2nc(-c3cccnc3)no2)C1. The molecule has 29 heavy (non-hydrogen) atoms. The number of piperidine rings is 1. The molecule has 0 saturated carbocycles. The van der Waals surface area contributed by atoms with Crippen molar-refractivity contribution in [3.05, 3.63) is 66.3 Å². The predicted octanol–water partition coefficient (Wildman–Crippen LogP) is 3.31. The molecule has 4 rings (SSSR count). The highest BCUT2D eigenvalue weighted by Crippen LogP contribution is 2.25. The molecule has 0 amide bonds. The predicted molar refractivity (Wildman–Crippen MR) is 109 cm³/mol. The molecule has 0 bridgehead atoms. The van der Waals surface area contributed by atoms with Gasteiger partial charge in [0.2, 0.25) is 21.7 Å². The molecule has 1 unspecified atom stereocenters. The van der Waals surface area contributed by atoms with Gasteiger partial charge in [0, 0.05) is 37.5 Å². The van der Waals surface area contributed by atoms with E-state index in [9.17, 15) is 8.42 Å². The fraction of sp³-hybridized carbons (Fsp3) is 0.381. The topological polar surface area (TPSA) is 89.2 Å². The van der Waals surface area contributed by atoms with Crippen LogP contribution in [0.2, 0.25) is 0 Å². The summed E-state index contributed by atoms with van der Waals surface area (Å²) in [6.07, 6.45) is 6.76. The van der Waals surface area contributed by atoms with Crippen LogP contribution < -0.4 is 0 Å². The average molecular weight is 413 g/mol. The number of nitrogens with zero attached hydrogens (tertiary/aromatic N) is 4. The van der Waals surface area contributed by atoms with Crippen molar-refractivity contribution < 1.29 is 12.9 Å². The van der Waals surface area contributed by atoms with Gasteiger partial charge in [-0.3, -0.25) is 4.98 Å². The molecule has 1 atom stereocenters. The Bertz CT molecular complexity index is 1020. The van der Waals surface area contributed by atoms with E-state index in [1.165, 1.54) is 0 Å². The number of benzene rings is 1. The number of hydrogen-bond acceptors (Lipinski definition) is 6. The summed E-state index contributed by atoms with van der Waals surface area (Å²) in [5, 5.41) is 4.02. The first-order valence-electron chi connectivity index (χ1n) is 9.85. The lowest BCUT2D eigenvalue weighted by Crippen LogP contribution is -2.40. The van der Waals surface area contributed by atoms with Crippen molar-refractivity contribution in [2.45, 2.75) is 31.4 Å². The van der Waals surface area contributed by atoms with Gasteiger partial charge in [-0.2, -0.15) is 4.98 Å².